The van der Waals surface area contributed by atoms with Gasteiger partial charge in [-0.3, -0.25) is 9.59 Å². The first-order chi connectivity index (χ1) is 28.5. The van der Waals surface area contributed by atoms with Gasteiger partial charge in [0.1, 0.15) is 38.1 Å². The molecule has 294 valence electrons. The number of amides is 2. The summed E-state index contributed by atoms with van der Waals surface area (Å²) in [5, 5.41) is 9.38. The lowest BCUT2D eigenvalue weighted by atomic mass is 9.95. The van der Waals surface area contributed by atoms with E-state index in [9.17, 15) is 23.6 Å². The molecule has 0 unspecified atom stereocenters. The lowest BCUT2D eigenvalue weighted by Crippen LogP contribution is -2.19. The molecule has 0 saturated heterocycles. The van der Waals surface area contributed by atoms with Crippen LogP contribution in [0.15, 0.2) is 105 Å². The number of esters is 2. The molecule has 4 aromatic heterocycles. The van der Waals surface area contributed by atoms with E-state index in [2.05, 4.69) is 10.6 Å². The molecule has 1 fully saturated rings. The molecule has 0 aliphatic heterocycles. The number of rotatable bonds is 9. The van der Waals surface area contributed by atoms with E-state index in [-0.39, 0.29) is 55.3 Å². The van der Waals surface area contributed by atoms with Crippen LogP contribution >= 0.6 is 22.7 Å². The van der Waals surface area contributed by atoms with Gasteiger partial charge in [0.05, 0.1) is 0 Å². The molecule has 0 atom stereocenters. The van der Waals surface area contributed by atoms with Gasteiger partial charge in [0.15, 0.2) is 23.2 Å². The van der Waals surface area contributed by atoms with Gasteiger partial charge in [0.2, 0.25) is 0 Å². The zero-order chi connectivity index (χ0) is 41.1. The van der Waals surface area contributed by atoms with Crippen LogP contribution in [0.3, 0.4) is 0 Å². The Hall–Kier alpha value is -6.77. The number of nitrogens with one attached hydrogen (secondary N) is 2. The second-order valence-corrected chi connectivity index (χ2v) is 15.8. The molecule has 0 radical (unpaired) electrons. The van der Waals surface area contributed by atoms with E-state index >= 15 is 8.78 Å². The summed E-state index contributed by atoms with van der Waals surface area (Å²) in [5.41, 5.74) is 1.46. The molecule has 9 rings (SSSR count). The molecular weight excluding hydrogens is 802 g/mol. The first-order valence-electron chi connectivity index (χ1n) is 18.3. The number of hydrogen-bond acceptors (Lipinski definition) is 9. The maximum atomic E-state index is 15.9. The van der Waals surface area contributed by atoms with Crippen molar-refractivity contribution in [3.05, 3.63) is 152 Å². The summed E-state index contributed by atoms with van der Waals surface area (Å²) in [6.07, 6.45) is 1.43. The molecule has 4 aromatic carbocycles. The normalized spacial score (nSPS) is 12.6. The molecule has 0 bridgehead atoms. The van der Waals surface area contributed by atoms with Crippen LogP contribution in [0.5, 0.6) is 0 Å². The summed E-state index contributed by atoms with van der Waals surface area (Å²) >= 11 is 1.79. The number of carbonyl (C=O) groups excluding carboxylic acids is 4. The van der Waals surface area contributed by atoms with Gasteiger partial charge in [-0.25, -0.2) is 22.8 Å². The number of para-hydroxylation sites is 2. The highest BCUT2D eigenvalue weighted by molar-refractivity contribution is 7.15. The van der Waals surface area contributed by atoms with Crippen molar-refractivity contribution in [2.45, 2.75) is 32.6 Å². The molecule has 1 aliphatic rings. The van der Waals surface area contributed by atoms with Crippen molar-refractivity contribution in [1.82, 2.24) is 0 Å². The molecule has 59 heavy (non-hydrogen) atoms. The van der Waals surface area contributed by atoms with Gasteiger partial charge in [-0.05, 0) is 85.2 Å². The van der Waals surface area contributed by atoms with E-state index in [1.54, 1.807) is 67.8 Å². The zero-order valence-electron chi connectivity index (χ0n) is 31.0. The van der Waals surface area contributed by atoms with Gasteiger partial charge >= 0.3 is 11.9 Å². The van der Waals surface area contributed by atoms with Crippen molar-refractivity contribution in [3.8, 4) is 22.3 Å². The molecule has 2 N–H and O–H groups in total. The van der Waals surface area contributed by atoms with Crippen LogP contribution < -0.4 is 10.6 Å². The molecule has 8 aromatic rings. The number of hydrogen-bond donors (Lipinski definition) is 2. The van der Waals surface area contributed by atoms with Crippen molar-refractivity contribution in [2.24, 2.45) is 0 Å². The van der Waals surface area contributed by atoms with E-state index in [4.69, 9.17) is 13.6 Å². The number of fused-ring (bicyclic) bond motifs is 2. The van der Waals surface area contributed by atoms with Gasteiger partial charge in [-0.2, -0.15) is 0 Å². The number of halogens is 3. The first kappa shape index (κ1) is 37.8. The van der Waals surface area contributed by atoms with E-state index in [0.29, 0.717) is 51.5 Å². The number of anilines is 2. The Labute approximate surface area is 341 Å². The Bertz CT molecular complexity index is 2980. The predicted molar refractivity (Wildman–Crippen MR) is 219 cm³/mol. The van der Waals surface area contributed by atoms with Crippen molar-refractivity contribution >= 4 is 78.4 Å². The second kappa shape index (κ2) is 14.9. The highest BCUT2D eigenvalue weighted by Gasteiger charge is 2.34. The van der Waals surface area contributed by atoms with E-state index in [0.717, 1.165) is 22.7 Å². The number of carbonyl (C=O) groups is 4. The third-order valence-corrected chi connectivity index (χ3v) is 12.2. The van der Waals surface area contributed by atoms with Crippen molar-refractivity contribution in [3.63, 3.8) is 0 Å². The fourth-order valence-corrected chi connectivity index (χ4v) is 8.85. The van der Waals surface area contributed by atoms with Gasteiger partial charge in [-0.15, -0.1) is 22.7 Å². The summed E-state index contributed by atoms with van der Waals surface area (Å²) < 4.78 is 62.9. The Morgan fingerprint density at radius 3 is 1.66 bits per heavy atom. The summed E-state index contributed by atoms with van der Waals surface area (Å²) in [6, 6.07) is 22.5. The highest BCUT2D eigenvalue weighted by Crippen LogP contribution is 2.45. The lowest BCUT2D eigenvalue weighted by molar-refractivity contribution is 0.0401. The van der Waals surface area contributed by atoms with Crippen molar-refractivity contribution < 1.29 is 45.9 Å². The fourth-order valence-electron chi connectivity index (χ4n) is 6.97. The minimum atomic E-state index is -1.31. The topological polar surface area (TPSA) is 128 Å². The molecule has 14 heteroatoms. The average molecular weight is 831 g/mol. The van der Waals surface area contributed by atoms with E-state index < -0.39 is 46.8 Å². The number of benzene rings is 4. The number of ether oxygens (including phenoxy) is 1. The Kier molecular flexibility index (Phi) is 9.52. The summed E-state index contributed by atoms with van der Waals surface area (Å²) in [5.74, 6) is -7.01. The van der Waals surface area contributed by atoms with Crippen LogP contribution in [0, 0.1) is 31.3 Å². The third-order valence-electron chi connectivity index (χ3n) is 10.4. The van der Waals surface area contributed by atoms with Gasteiger partial charge in [0.25, 0.3) is 11.8 Å². The minimum absolute atomic E-state index is 0.0163. The third kappa shape index (κ3) is 6.89. The quantitative estimate of drug-likeness (QED) is 0.109. The van der Waals surface area contributed by atoms with Crippen LogP contribution in [0.2, 0.25) is 0 Å². The zero-order valence-corrected chi connectivity index (χ0v) is 32.7. The Morgan fingerprint density at radius 2 is 1.14 bits per heavy atom. The van der Waals surface area contributed by atoms with Crippen molar-refractivity contribution in [2.75, 3.05) is 10.6 Å². The van der Waals surface area contributed by atoms with Crippen LogP contribution in [0.4, 0.5) is 23.2 Å². The van der Waals surface area contributed by atoms with Gasteiger partial charge in [0, 0.05) is 38.2 Å². The molecule has 1 saturated carbocycles. The SMILES string of the molecule is Cc1c(F)ccc(-c2csc(NC(=O)c3cc4ccccc4o3)c2C(=O)OC(=O)c2c(-c3ccc(C4CC4)c(F)c3F)csc2NC(=O)c2cc3ccccc3o2)c1C. The second-order valence-electron chi connectivity index (χ2n) is 14.0. The monoisotopic (exact) mass is 830 g/mol. The fraction of sp³-hybridized carbons (Fsp3) is 0.111. The smallest absolute Gasteiger partial charge is 0.349 e. The Balaban J connectivity index is 1.11. The maximum absolute atomic E-state index is 15.9. The van der Waals surface area contributed by atoms with Crippen LogP contribution in [0.1, 0.15) is 77.3 Å². The van der Waals surface area contributed by atoms with Crippen LogP contribution in [-0.2, 0) is 4.74 Å². The first-order valence-corrected chi connectivity index (χ1v) is 20.1. The molecule has 0 spiro atoms. The Morgan fingerprint density at radius 1 is 0.627 bits per heavy atom. The van der Waals surface area contributed by atoms with Gasteiger partial charge < -0.3 is 24.2 Å². The molecular formula is C45H29F3N2O7S2. The minimum Gasteiger partial charge on any atom is -0.451 e. The number of furan rings is 2. The molecule has 9 nitrogen and oxygen atoms in total. The molecule has 2 amide bonds. The molecule has 1 aliphatic carbocycles. The summed E-state index contributed by atoms with van der Waals surface area (Å²) in [4.78, 5) is 55.8. The lowest BCUT2D eigenvalue weighted by Gasteiger charge is -2.13. The van der Waals surface area contributed by atoms with E-state index in [1.807, 2.05) is 0 Å². The predicted octanol–water partition coefficient (Wildman–Crippen LogP) is 12.0. The summed E-state index contributed by atoms with van der Waals surface area (Å²) in [7, 11) is 0. The van der Waals surface area contributed by atoms with Gasteiger partial charge in [-0.1, -0.05) is 54.6 Å². The average Bonchev–Trinajstić information content (AvgIpc) is 3.53. The number of thiophene rings is 2. The summed E-state index contributed by atoms with van der Waals surface area (Å²) in [6.45, 7) is 3.24. The van der Waals surface area contributed by atoms with Crippen LogP contribution in [-0.4, -0.2) is 23.8 Å². The standard InChI is InChI=1S/C45H29F3N2O7S2/c1-21-22(2)31(46)16-15-26(21)29-19-58-42(49-40(51)34-17-24-7-3-5-9-32(24)55-34)36(29)44(53)57-45(54)37-30(28-14-13-27(23-11-12-23)38(47)39(28)48)20-59-43(37)50-41(52)35-18-25-8-4-6-10-33(25)56-35/h3-10,13-20,23H,11-12H2,1-2H3,(H,49,51)(H,50,52). The largest absolute Gasteiger partial charge is 0.451 e. The van der Waals surface area contributed by atoms with E-state index in [1.165, 1.54) is 41.8 Å². The maximum Gasteiger partial charge on any atom is 0.349 e. The molecule has 4 heterocycles. The van der Waals surface area contributed by atoms with Crippen LogP contribution in [0.25, 0.3) is 44.2 Å². The van der Waals surface area contributed by atoms with Crippen molar-refractivity contribution in [1.29, 1.82) is 0 Å². The highest BCUT2D eigenvalue weighted by atomic mass is 32.1.